The number of carbonyl (C=O) groups is 2. The van der Waals surface area contributed by atoms with Crippen LogP contribution in [0.3, 0.4) is 0 Å². The van der Waals surface area contributed by atoms with Gasteiger partial charge in [0, 0.05) is 36.1 Å². The molecule has 1 saturated heterocycles. The summed E-state index contributed by atoms with van der Waals surface area (Å²) in [6.07, 6.45) is -0.483. The Morgan fingerprint density at radius 2 is 1.69 bits per heavy atom. The second kappa shape index (κ2) is 9.91. The molecule has 1 aliphatic rings. The summed E-state index contributed by atoms with van der Waals surface area (Å²) in [5.41, 5.74) is 2.31. The van der Waals surface area contributed by atoms with Crippen molar-refractivity contribution in [1.29, 1.82) is 0 Å². The Bertz CT molecular complexity index is 1220. The molecule has 0 saturated carbocycles. The molecule has 3 aromatic rings. The zero-order chi connectivity index (χ0) is 25.3. The number of morpholine rings is 1. The minimum absolute atomic E-state index is 0.00345. The van der Waals surface area contributed by atoms with Crippen LogP contribution in [-0.2, 0) is 9.47 Å². The highest BCUT2D eigenvalue weighted by atomic mass is 35.5. The van der Waals surface area contributed by atoms with E-state index in [1.165, 1.54) is 4.90 Å². The predicted octanol–water partition coefficient (Wildman–Crippen LogP) is 6.38. The molecule has 4 rings (SSSR count). The lowest BCUT2D eigenvalue weighted by atomic mass is 10.0. The molecule has 0 unspecified atom stereocenters. The van der Waals surface area contributed by atoms with Gasteiger partial charge in [-0.25, -0.2) is 9.69 Å². The molecule has 35 heavy (non-hydrogen) atoms. The Labute approximate surface area is 210 Å². The van der Waals surface area contributed by atoms with Crippen LogP contribution >= 0.6 is 11.6 Å². The van der Waals surface area contributed by atoms with E-state index in [2.05, 4.69) is 0 Å². The van der Waals surface area contributed by atoms with E-state index in [4.69, 9.17) is 25.5 Å². The number of halogens is 1. The number of anilines is 1. The van der Waals surface area contributed by atoms with Gasteiger partial charge in [-0.1, -0.05) is 23.7 Å². The molecule has 186 valence electrons. The molecule has 0 N–H and O–H groups in total. The number of hydrogen-bond donors (Lipinski definition) is 0. The first-order valence-corrected chi connectivity index (χ1v) is 12.1. The molecule has 1 aromatic heterocycles. The molecular weight excluding hydrogens is 468 g/mol. The van der Waals surface area contributed by atoms with Crippen molar-refractivity contribution < 1.29 is 23.5 Å². The molecule has 0 spiro atoms. The van der Waals surface area contributed by atoms with Crippen molar-refractivity contribution in [1.82, 2.24) is 4.90 Å². The quantitative estimate of drug-likeness (QED) is 0.417. The summed E-state index contributed by atoms with van der Waals surface area (Å²) in [5.74, 6) is 0.374. The van der Waals surface area contributed by atoms with Gasteiger partial charge in [-0.05, 0) is 70.0 Å². The Morgan fingerprint density at radius 3 is 2.29 bits per heavy atom. The zero-order valence-electron chi connectivity index (χ0n) is 20.8. The van der Waals surface area contributed by atoms with Gasteiger partial charge in [-0.3, -0.25) is 4.79 Å². The monoisotopic (exact) mass is 498 g/mol. The first-order valence-electron chi connectivity index (χ1n) is 11.8. The molecule has 2 heterocycles. The zero-order valence-corrected chi connectivity index (χ0v) is 21.5. The highest BCUT2D eigenvalue weighted by molar-refractivity contribution is 6.35. The lowest BCUT2D eigenvalue weighted by Gasteiger charge is -2.28. The SMILES string of the molecule is CC(C)N(C(=O)OC(C)(C)C)c1cc2cc(-c3ccc(C(=O)N4CCOCC4)cc3)cc(Cl)c2o1. The fraction of sp³-hybridized carbons (Fsp3) is 0.407. The summed E-state index contributed by atoms with van der Waals surface area (Å²) >= 11 is 6.58. The van der Waals surface area contributed by atoms with Gasteiger partial charge in [-0.15, -0.1) is 0 Å². The van der Waals surface area contributed by atoms with Crippen LogP contribution in [0.25, 0.3) is 22.1 Å². The second-order valence-corrected chi connectivity index (χ2v) is 10.3. The van der Waals surface area contributed by atoms with Crippen LogP contribution in [0.4, 0.5) is 10.7 Å². The first-order chi connectivity index (χ1) is 16.5. The van der Waals surface area contributed by atoms with Crippen molar-refractivity contribution in [2.45, 2.75) is 46.3 Å². The van der Waals surface area contributed by atoms with Crippen LogP contribution in [0.5, 0.6) is 0 Å². The Hall–Kier alpha value is -3.03. The summed E-state index contributed by atoms with van der Waals surface area (Å²) in [6.45, 7) is 11.6. The molecular formula is C27H31ClN2O5. The smallest absolute Gasteiger partial charge is 0.417 e. The molecule has 0 radical (unpaired) electrons. The van der Waals surface area contributed by atoms with Gasteiger partial charge in [0.1, 0.15) is 5.60 Å². The number of furan rings is 1. The number of nitrogens with zero attached hydrogens (tertiary/aromatic N) is 2. The van der Waals surface area contributed by atoms with Crippen molar-refractivity contribution in [3.05, 3.63) is 53.1 Å². The molecule has 0 atom stereocenters. The molecule has 0 aliphatic carbocycles. The van der Waals surface area contributed by atoms with Gasteiger partial charge in [0.05, 0.1) is 18.2 Å². The Morgan fingerprint density at radius 1 is 1.03 bits per heavy atom. The third kappa shape index (κ3) is 5.63. The third-order valence-corrected chi connectivity index (χ3v) is 5.95. The second-order valence-electron chi connectivity index (χ2n) is 9.89. The minimum atomic E-state index is -0.629. The summed E-state index contributed by atoms with van der Waals surface area (Å²) in [5, 5.41) is 1.20. The maximum absolute atomic E-state index is 12.8. The van der Waals surface area contributed by atoms with Crippen molar-refractivity contribution in [3.63, 3.8) is 0 Å². The van der Waals surface area contributed by atoms with Gasteiger partial charge >= 0.3 is 6.09 Å². The fourth-order valence-corrected chi connectivity index (χ4v) is 4.27. The lowest BCUT2D eigenvalue weighted by molar-refractivity contribution is 0.0303. The molecule has 2 amide bonds. The number of rotatable bonds is 4. The normalized spacial score (nSPS) is 14.4. The summed E-state index contributed by atoms with van der Waals surface area (Å²) in [4.78, 5) is 28.8. The van der Waals surface area contributed by atoms with Crippen LogP contribution < -0.4 is 4.90 Å². The van der Waals surface area contributed by atoms with E-state index in [1.54, 1.807) is 11.0 Å². The third-order valence-electron chi connectivity index (χ3n) is 5.67. The highest BCUT2D eigenvalue weighted by Gasteiger charge is 2.28. The number of ether oxygens (including phenoxy) is 2. The van der Waals surface area contributed by atoms with Gasteiger partial charge in [-0.2, -0.15) is 0 Å². The fourth-order valence-electron chi connectivity index (χ4n) is 4.00. The van der Waals surface area contributed by atoms with Crippen molar-refractivity contribution >= 4 is 40.5 Å². The van der Waals surface area contributed by atoms with E-state index in [1.807, 2.05) is 71.0 Å². The first kappa shape index (κ1) is 25.1. The van der Waals surface area contributed by atoms with Gasteiger partial charge in [0.15, 0.2) is 5.58 Å². The number of amides is 2. The number of benzene rings is 2. The van der Waals surface area contributed by atoms with Crippen LogP contribution in [0.2, 0.25) is 5.02 Å². The van der Waals surface area contributed by atoms with E-state index in [0.717, 1.165) is 16.5 Å². The van der Waals surface area contributed by atoms with Crippen LogP contribution in [-0.4, -0.2) is 54.8 Å². The number of carbonyl (C=O) groups excluding carboxylic acids is 2. The number of hydrogen-bond acceptors (Lipinski definition) is 5. The topological polar surface area (TPSA) is 72.2 Å². The van der Waals surface area contributed by atoms with E-state index >= 15 is 0 Å². The van der Waals surface area contributed by atoms with E-state index < -0.39 is 11.7 Å². The van der Waals surface area contributed by atoms with Crippen LogP contribution in [0.1, 0.15) is 45.0 Å². The predicted molar refractivity (Wildman–Crippen MR) is 137 cm³/mol. The van der Waals surface area contributed by atoms with Crippen molar-refractivity contribution in [2.24, 2.45) is 0 Å². The average molecular weight is 499 g/mol. The van der Waals surface area contributed by atoms with Crippen molar-refractivity contribution in [2.75, 3.05) is 31.2 Å². The molecule has 1 fully saturated rings. The van der Waals surface area contributed by atoms with E-state index in [0.29, 0.717) is 48.4 Å². The molecule has 2 aromatic carbocycles. The molecule has 0 bridgehead atoms. The lowest BCUT2D eigenvalue weighted by Crippen LogP contribution is -2.40. The summed E-state index contributed by atoms with van der Waals surface area (Å²) in [7, 11) is 0. The Kier molecular flexibility index (Phi) is 7.10. The van der Waals surface area contributed by atoms with E-state index in [-0.39, 0.29) is 11.9 Å². The average Bonchev–Trinajstić information content (AvgIpc) is 3.22. The molecule has 8 heteroatoms. The largest absolute Gasteiger partial charge is 0.443 e. The van der Waals surface area contributed by atoms with Gasteiger partial charge in [0.2, 0.25) is 5.88 Å². The maximum Gasteiger partial charge on any atom is 0.417 e. The van der Waals surface area contributed by atoms with Crippen LogP contribution in [0.15, 0.2) is 46.9 Å². The van der Waals surface area contributed by atoms with Crippen LogP contribution in [0, 0.1) is 0 Å². The minimum Gasteiger partial charge on any atom is -0.443 e. The maximum atomic E-state index is 12.8. The highest BCUT2D eigenvalue weighted by Crippen LogP contribution is 2.36. The molecule has 7 nitrogen and oxygen atoms in total. The molecule has 1 aliphatic heterocycles. The summed E-state index contributed by atoms with van der Waals surface area (Å²) < 4.78 is 16.9. The summed E-state index contributed by atoms with van der Waals surface area (Å²) in [6, 6.07) is 12.9. The van der Waals surface area contributed by atoms with Crippen molar-refractivity contribution in [3.8, 4) is 11.1 Å². The van der Waals surface area contributed by atoms with E-state index in [9.17, 15) is 9.59 Å². The Balaban J connectivity index is 1.62. The number of fused-ring (bicyclic) bond motifs is 1. The van der Waals surface area contributed by atoms with Gasteiger partial charge < -0.3 is 18.8 Å². The van der Waals surface area contributed by atoms with Gasteiger partial charge in [0.25, 0.3) is 5.91 Å². The standard InChI is InChI=1S/C27H31ClN2O5/c1-17(2)30(26(32)35-27(3,4)5)23-16-21-14-20(15-22(28)24(21)34-23)18-6-8-19(9-7-18)25(31)29-10-12-33-13-11-29/h6-9,14-17H,10-13H2,1-5H3.